The zero-order valence-corrected chi connectivity index (χ0v) is 17.0. The third-order valence-corrected chi connectivity index (χ3v) is 6.86. The maximum absolute atomic E-state index is 13.0. The lowest BCUT2D eigenvalue weighted by atomic mass is 10.0. The molecule has 0 unspecified atom stereocenters. The molecular weight excluding hydrogens is 379 g/mol. The largest absolute Gasteiger partial charge is 0.336 e. The quantitative estimate of drug-likeness (QED) is 0.769. The van der Waals surface area contributed by atoms with Crippen LogP contribution in [0.5, 0.6) is 0 Å². The maximum atomic E-state index is 13.0. The summed E-state index contributed by atoms with van der Waals surface area (Å²) < 4.78 is 39.6. The van der Waals surface area contributed by atoms with Gasteiger partial charge in [0.15, 0.2) is 0 Å². The van der Waals surface area contributed by atoms with Gasteiger partial charge in [0.1, 0.15) is 5.82 Å². The Hall–Kier alpha value is -2.25. The van der Waals surface area contributed by atoms with Gasteiger partial charge in [-0.3, -0.25) is 4.79 Å². The molecule has 1 aliphatic heterocycles. The minimum atomic E-state index is -3.51. The summed E-state index contributed by atoms with van der Waals surface area (Å²) in [5.74, 6) is -0.239. The number of hydrogen-bond acceptors (Lipinski definition) is 3. The van der Waals surface area contributed by atoms with E-state index in [1.807, 2.05) is 24.3 Å². The minimum absolute atomic E-state index is 0.0779. The van der Waals surface area contributed by atoms with Crippen molar-refractivity contribution in [3.63, 3.8) is 0 Å². The Labute approximate surface area is 165 Å². The number of nitrogens with zero attached hydrogens (tertiary/aromatic N) is 2. The van der Waals surface area contributed by atoms with Crippen LogP contribution in [0.3, 0.4) is 0 Å². The van der Waals surface area contributed by atoms with Gasteiger partial charge in [-0.15, -0.1) is 0 Å². The van der Waals surface area contributed by atoms with Gasteiger partial charge in [-0.25, -0.2) is 12.8 Å². The first-order chi connectivity index (χ1) is 13.3. The van der Waals surface area contributed by atoms with E-state index in [0.29, 0.717) is 30.1 Å². The maximum Gasteiger partial charge on any atom is 0.253 e. The van der Waals surface area contributed by atoms with Crippen LogP contribution in [-0.2, 0) is 15.8 Å². The number of hydrogen-bond donors (Lipinski definition) is 0. The number of carbonyl (C=O) groups is 1. The summed E-state index contributed by atoms with van der Waals surface area (Å²) in [6.45, 7) is 5.43. The summed E-state index contributed by atoms with van der Waals surface area (Å²) in [4.78, 5) is 14.4. The van der Waals surface area contributed by atoms with Crippen molar-refractivity contribution < 1.29 is 17.6 Å². The van der Waals surface area contributed by atoms with Gasteiger partial charge in [0.25, 0.3) is 5.91 Å². The third-order valence-electron chi connectivity index (χ3n) is 5.01. The molecule has 1 heterocycles. The van der Waals surface area contributed by atoms with Crippen molar-refractivity contribution in [2.45, 2.75) is 25.5 Å². The molecule has 0 spiro atoms. The van der Waals surface area contributed by atoms with Gasteiger partial charge in [-0.05, 0) is 41.3 Å². The predicted octanol–water partition coefficient (Wildman–Crippen LogP) is 3.24. The lowest BCUT2D eigenvalue weighted by molar-refractivity contribution is 0.0697. The van der Waals surface area contributed by atoms with Gasteiger partial charge in [0, 0.05) is 31.7 Å². The number of amides is 1. The van der Waals surface area contributed by atoms with Gasteiger partial charge in [0.2, 0.25) is 10.0 Å². The van der Waals surface area contributed by atoms with Crippen LogP contribution in [0.25, 0.3) is 0 Å². The summed E-state index contributed by atoms with van der Waals surface area (Å²) in [5.41, 5.74) is 2.34. The van der Waals surface area contributed by atoms with Crippen LogP contribution >= 0.6 is 0 Å². The molecule has 0 aliphatic carbocycles. The molecule has 5 nitrogen and oxygen atoms in total. The molecule has 1 saturated heterocycles. The molecular formula is C21H25FN2O3S. The number of sulfonamides is 1. The summed E-state index contributed by atoms with van der Waals surface area (Å²) in [6.07, 6.45) is 0. The molecule has 150 valence electrons. The van der Waals surface area contributed by atoms with E-state index in [0.717, 1.165) is 0 Å². The molecule has 2 aromatic rings. The highest BCUT2D eigenvalue weighted by molar-refractivity contribution is 7.88. The second kappa shape index (κ2) is 8.41. The Morgan fingerprint density at radius 3 is 2.07 bits per heavy atom. The number of piperazine rings is 1. The highest BCUT2D eigenvalue weighted by Gasteiger charge is 2.29. The number of carbonyl (C=O) groups excluding carboxylic acids is 1. The first kappa shape index (κ1) is 20.5. The number of rotatable bonds is 5. The Morgan fingerprint density at radius 2 is 1.54 bits per heavy atom. The summed E-state index contributed by atoms with van der Waals surface area (Å²) >= 11 is 0. The summed E-state index contributed by atoms with van der Waals surface area (Å²) in [5, 5.41) is 0. The molecule has 2 aromatic carbocycles. The molecule has 0 bridgehead atoms. The Morgan fingerprint density at radius 1 is 0.964 bits per heavy atom. The van der Waals surface area contributed by atoms with Crippen molar-refractivity contribution in [1.29, 1.82) is 0 Å². The van der Waals surface area contributed by atoms with E-state index in [9.17, 15) is 17.6 Å². The average Bonchev–Trinajstić information content (AvgIpc) is 2.69. The van der Waals surface area contributed by atoms with Crippen molar-refractivity contribution in [2.24, 2.45) is 0 Å². The fraction of sp³-hybridized carbons (Fsp3) is 0.381. The molecule has 3 rings (SSSR count). The van der Waals surface area contributed by atoms with Gasteiger partial charge in [-0.1, -0.05) is 38.1 Å². The first-order valence-corrected chi connectivity index (χ1v) is 11.0. The monoisotopic (exact) mass is 404 g/mol. The zero-order valence-electron chi connectivity index (χ0n) is 16.1. The van der Waals surface area contributed by atoms with Crippen molar-refractivity contribution in [3.05, 3.63) is 71.0 Å². The molecule has 0 saturated carbocycles. The number of halogens is 1. The lowest BCUT2D eigenvalue weighted by Crippen LogP contribution is -2.50. The molecule has 0 N–H and O–H groups in total. The molecule has 1 fully saturated rings. The second-order valence-electron chi connectivity index (χ2n) is 7.35. The molecule has 0 atom stereocenters. The topological polar surface area (TPSA) is 57.7 Å². The Balaban J connectivity index is 1.60. The zero-order chi connectivity index (χ0) is 20.3. The van der Waals surface area contributed by atoms with Gasteiger partial charge in [-0.2, -0.15) is 4.31 Å². The molecule has 28 heavy (non-hydrogen) atoms. The average molecular weight is 405 g/mol. The van der Waals surface area contributed by atoms with Crippen molar-refractivity contribution in [3.8, 4) is 0 Å². The highest BCUT2D eigenvalue weighted by atomic mass is 32.2. The smallest absolute Gasteiger partial charge is 0.253 e. The first-order valence-electron chi connectivity index (χ1n) is 9.38. The van der Waals surface area contributed by atoms with E-state index >= 15 is 0 Å². The fourth-order valence-electron chi connectivity index (χ4n) is 3.25. The molecule has 1 amide bonds. The molecule has 1 aliphatic rings. The molecule has 7 heteroatoms. The van der Waals surface area contributed by atoms with E-state index in [-0.39, 0.29) is 24.7 Å². The van der Waals surface area contributed by atoms with Crippen LogP contribution in [0.1, 0.15) is 41.3 Å². The minimum Gasteiger partial charge on any atom is -0.336 e. The standard InChI is InChI=1S/C21H25FN2O3S/c1-16(2)18-5-7-19(8-6-18)21(25)23-11-13-24(14-12-23)28(26,27)15-17-3-9-20(22)10-4-17/h3-10,16H,11-15H2,1-2H3. The van der Waals surface area contributed by atoms with E-state index in [4.69, 9.17) is 0 Å². The molecule has 0 aromatic heterocycles. The van der Waals surface area contributed by atoms with Crippen LogP contribution < -0.4 is 0 Å². The van der Waals surface area contributed by atoms with Crippen molar-refractivity contribution in [2.75, 3.05) is 26.2 Å². The number of benzene rings is 2. The van der Waals surface area contributed by atoms with E-state index < -0.39 is 15.8 Å². The predicted molar refractivity (Wildman–Crippen MR) is 107 cm³/mol. The molecule has 0 radical (unpaired) electrons. The van der Waals surface area contributed by atoms with Crippen LogP contribution in [0.15, 0.2) is 48.5 Å². The second-order valence-corrected chi connectivity index (χ2v) is 9.32. The SMILES string of the molecule is CC(C)c1ccc(C(=O)N2CCN(S(=O)(=O)Cc3ccc(F)cc3)CC2)cc1. The van der Waals surface area contributed by atoms with E-state index in [1.54, 1.807) is 4.90 Å². The van der Waals surface area contributed by atoms with Gasteiger partial charge < -0.3 is 4.90 Å². The van der Waals surface area contributed by atoms with Crippen molar-refractivity contribution >= 4 is 15.9 Å². The van der Waals surface area contributed by atoms with Gasteiger partial charge >= 0.3 is 0 Å². The summed E-state index contributed by atoms with van der Waals surface area (Å²) in [6, 6.07) is 13.0. The van der Waals surface area contributed by atoms with Crippen molar-refractivity contribution in [1.82, 2.24) is 9.21 Å². The highest BCUT2D eigenvalue weighted by Crippen LogP contribution is 2.18. The normalized spacial score (nSPS) is 15.8. The Bertz CT molecular complexity index is 917. The Kier molecular flexibility index (Phi) is 6.15. The third kappa shape index (κ3) is 4.77. The van der Waals surface area contributed by atoms with Crippen LogP contribution in [0.2, 0.25) is 0 Å². The fourth-order valence-corrected chi connectivity index (χ4v) is 4.76. The van der Waals surface area contributed by atoms with Gasteiger partial charge in [0.05, 0.1) is 5.75 Å². The summed E-state index contributed by atoms with van der Waals surface area (Å²) in [7, 11) is -3.51. The lowest BCUT2D eigenvalue weighted by Gasteiger charge is -2.34. The van der Waals surface area contributed by atoms with Crippen LogP contribution in [-0.4, -0.2) is 49.7 Å². The van der Waals surface area contributed by atoms with Crippen LogP contribution in [0.4, 0.5) is 4.39 Å². The van der Waals surface area contributed by atoms with E-state index in [1.165, 1.54) is 34.1 Å². The van der Waals surface area contributed by atoms with E-state index in [2.05, 4.69) is 13.8 Å². The van der Waals surface area contributed by atoms with Crippen LogP contribution in [0, 0.1) is 5.82 Å².